The molecule has 0 aromatic carbocycles. The molecule has 17 heavy (non-hydrogen) atoms. The summed E-state index contributed by atoms with van der Waals surface area (Å²) >= 11 is 0. The van der Waals surface area contributed by atoms with Crippen molar-refractivity contribution in [3.63, 3.8) is 0 Å². The first-order chi connectivity index (χ1) is 7.75. The molecule has 1 nitrogen and oxygen atoms in total. The van der Waals surface area contributed by atoms with Crippen molar-refractivity contribution in [2.24, 2.45) is 17.3 Å². The van der Waals surface area contributed by atoms with E-state index >= 15 is 0 Å². The summed E-state index contributed by atoms with van der Waals surface area (Å²) in [4.78, 5) is 12.5. The van der Waals surface area contributed by atoms with E-state index in [2.05, 4.69) is 41.5 Å². The zero-order valence-corrected chi connectivity index (χ0v) is 12.4. The van der Waals surface area contributed by atoms with Crippen molar-refractivity contribution >= 4 is 5.78 Å². The smallest absolute Gasteiger partial charge is 0.159 e. The standard InChI is InChI=1S/C16H28O/c1-11(2)13(4)10-14(17)15-12(3)8-7-9-16(15,5)6/h11,13H,7-10H2,1-6H3. The summed E-state index contributed by atoms with van der Waals surface area (Å²) in [6.07, 6.45) is 4.21. The van der Waals surface area contributed by atoms with Gasteiger partial charge in [0.15, 0.2) is 5.78 Å². The monoisotopic (exact) mass is 236 g/mol. The molecule has 1 atom stereocenters. The van der Waals surface area contributed by atoms with Gasteiger partial charge in [0.25, 0.3) is 0 Å². The lowest BCUT2D eigenvalue weighted by Gasteiger charge is -2.34. The highest BCUT2D eigenvalue weighted by Crippen LogP contribution is 2.41. The van der Waals surface area contributed by atoms with E-state index < -0.39 is 0 Å². The maximum absolute atomic E-state index is 12.5. The van der Waals surface area contributed by atoms with Crippen LogP contribution in [-0.4, -0.2) is 5.78 Å². The predicted molar refractivity (Wildman–Crippen MR) is 74.0 cm³/mol. The van der Waals surface area contributed by atoms with E-state index in [1.807, 2.05) is 0 Å². The Bertz CT molecular complexity index is 320. The highest BCUT2D eigenvalue weighted by Gasteiger charge is 2.33. The highest BCUT2D eigenvalue weighted by atomic mass is 16.1. The van der Waals surface area contributed by atoms with Crippen LogP contribution in [0, 0.1) is 17.3 Å². The molecule has 0 fully saturated rings. The number of hydrogen-bond donors (Lipinski definition) is 0. The van der Waals surface area contributed by atoms with Gasteiger partial charge in [0.1, 0.15) is 0 Å². The molecule has 1 unspecified atom stereocenters. The highest BCUT2D eigenvalue weighted by molar-refractivity contribution is 5.97. The molecule has 1 heteroatoms. The van der Waals surface area contributed by atoms with Crippen LogP contribution in [0.3, 0.4) is 0 Å². The van der Waals surface area contributed by atoms with Crippen LogP contribution in [-0.2, 0) is 4.79 Å². The molecule has 0 bridgehead atoms. The quantitative estimate of drug-likeness (QED) is 0.687. The average Bonchev–Trinajstić information content (AvgIpc) is 2.15. The first kappa shape index (κ1) is 14.5. The number of Topliss-reactive ketones (excluding diaryl/α,β-unsaturated/α-hetero) is 1. The van der Waals surface area contributed by atoms with Gasteiger partial charge >= 0.3 is 0 Å². The molecule has 0 radical (unpaired) electrons. The van der Waals surface area contributed by atoms with Gasteiger partial charge in [-0.15, -0.1) is 0 Å². The van der Waals surface area contributed by atoms with E-state index in [9.17, 15) is 4.79 Å². The Balaban J connectivity index is 2.86. The molecule has 0 aromatic rings. The molecule has 0 N–H and O–H groups in total. The molecule has 0 heterocycles. The molecule has 0 aromatic heterocycles. The number of allylic oxidation sites excluding steroid dienone is 2. The lowest BCUT2D eigenvalue weighted by atomic mass is 9.70. The molecule has 0 aliphatic heterocycles. The van der Waals surface area contributed by atoms with Crippen LogP contribution in [0.1, 0.15) is 67.2 Å². The van der Waals surface area contributed by atoms with Gasteiger partial charge in [-0.2, -0.15) is 0 Å². The second-order valence-electron chi connectivity index (χ2n) is 6.74. The lowest BCUT2D eigenvalue weighted by molar-refractivity contribution is -0.117. The van der Waals surface area contributed by atoms with Gasteiger partial charge < -0.3 is 0 Å². The number of rotatable bonds is 4. The second kappa shape index (κ2) is 5.37. The maximum atomic E-state index is 12.5. The van der Waals surface area contributed by atoms with Crippen LogP contribution in [0.15, 0.2) is 11.1 Å². The van der Waals surface area contributed by atoms with Crippen molar-refractivity contribution in [1.29, 1.82) is 0 Å². The third-order valence-electron chi connectivity index (χ3n) is 4.38. The van der Waals surface area contributed by atoms with Crippen LogP contribution in [0.2, 0.25) is 0 Å². The number of carbonyl (C=O) groups is 1. The predicted octanol–water partition coefficient (Wildman–Crippen LogP) is 4.76. The third kappa shape index (κ3) is 3.43. The topological polar surface area (TPSA) is 17.1 Å². The second-order valence-corrected chi connectivity index (χ2v) is 6.74. The SMILES string of the molecule is CC1=C(C(=O)CC(C)C(C)C)C(C)(C)CCC1. The largest absolute Gasteiger partial charge is 0.295 e. The Morgan fingerprint density at radius 1 is 1.29 bits per heavy atom. The molecule has 1 aliphatic rings. The average molecular weight is 236 g/mol. The van der Waals surface area contributed by atoms with E-state index in [4.69, 9.17) is 0 Å². The Morgan fingerprint density at radius 2 is 1.88 bits per heavy atom. The Morgan fingerprint density at radius 3 is 2.35 bits per heavy atom. The first-order valence-electron chi connectivity index (χ1n) is 6.99. The van der Waals surface area contributed by atoms with Gasteiger partial charge in [0.05, 0.1) is 0 Å². The minimum atomic E-state index is 0.0934. The summed E-state index contributed by atoms with van der Waals surface area (Å²) < 4.78 is 0. The molecule has 1 aliphatic carbocycles. The van der Waals surface area contributed by atoms with Gasteiger partial charge in [-0.05, 0) is 49.0 Å². The fourth-order valence-electron chi connectivity index (χ4n) is 2.87. The molecular weight excluding hydrogens is 208 g/mol. The van der Waals surface area contributed by atoms with Crippen molar-refractivity contribution in [2.45, 2.75) is 67.2 Å². The summed E-state index contributed by atoms with van der Waals surface area (Å²) in [5.74, 6) is 1.47. The first-order valence-corrected chi connectivity index (χ1v) is 6.99. The Hall–Kier alpha value is -0.590. The van der Waals surface area contributed by atoms with Crippen molar-refractivity contribution in [1.82, 2.24) is 0 Å². The fourth-order valence-corrected chi connectivity index (χ4v) is 2.87. The zero-order valence-electron chi connectivity index (χ0n) is 12.4. The van der Waals surface area contributed by atoms with E-state index in [0.717, 1.165) is 18.4 Å². The Kier molecular flexibility index (Phi) is 4.57. The molecule has 98 valence electrons. The Labute approximate surface area is 107 Å². The van der Waals surface area contributed by atoms with Gasteiger partial charge in [-0.3, -0.25) is 4.79 Å². The normalized spacial score (nSPS) is 21.8. The third-order valence-corrected chi connectivity index (χ3v) is 4.38. The van der Waals surface area contributed by atoms with Crippen LogP contribution in [0.4, 0.5) is 0 Å². The molecule has 0 saturated heterocycles. The zero-order chi connectivity index (χ0) is 13.2. The van der Waals surface area contributed by atoms with Crippen LogP contribution < -0.4 is 0 Å². The molecule has 0 spiro atoms. The van der Waals surface area contributed by atoms with Crippen LogP contribution in [0.5, 0.6) is 0 Å². The van der Waals surface area contributed by atoms with Gasteiger partial charge in [-0.1, -0.05) is 40.2 Å². The van der Waals surface area contributed by atoms with Gasteiger partial charge in [0.2, 0.25) is 0 Å². The minimum Gasteiger partial charge on any atom is -0.295 e. The molecule has 0 amide bonds. The van der Waals surface area contributed by atoms with Crippen molar-refractivity contribution in [2.75, 3.05) is 0 Å². The number of carbonyl (C=O) groups excluding carboxylic acids is 1. The summed E-state index contributed by atoms with van der Waals surface area (Å²) in [5, 5.41) is 0. The van der Waals surface area contributed by atoms with Gasteiger partial charge in [0, 0.05) is 6.42 Å². The summed E-state index contributed by atoms with van der Waals surface area (Å²) in [6, 6.07) is 0. The lowest BCUT2D eigenvalue weighted by Crippen LogP contribution is -2.27. The number of ketones is 1. The van der Waals surface area contributed by atoms with Crippen molar-refractivity contribution in [3.8, 4) is 0 Å². The molecule has 0 saturated carbocycles. The minimum absolute atomic E-state index is 0.0934. The summed E-state index contributed by atoms with van der Waals surface area (Å²) in [5.41, 5.74) is 2.56. The fraction of sp³-hybridized carbons (Fsp3) is 0.812. The summed E-state index contributed by atoms with van der Waals surface area (Å²) in [7, 11) is 0. The molecular formula is C16H28O. The van der Waals surface area contributed by atoms with Crippen LogP contribution >= 0.6 is 0 Å². The summed E-state index contributed by atoms with van der Waals surface area (Å²) in [6.45, 7) is 13.2. The van der Waals surface area contributed by atoms with Crippen molar-refractivity contribution in [3.05, 3.63) is 11.1 Å². The van der Waals surface area contributed by atoms with E-state index in [1.54, 1.807) is 0 Å². The van der Waals surface area contributed by atoms with E-state index in [1.165, 1.54) is 12.0 Å². The van der Waals surface area contributed by atoms with Gasteiger partial charge in [-0.25, -0.2) is 0 Å². The molecule has 1 rings (SSSR count). The van der Waals surface area contributed by atoms with E-state index in [0.29, 0.717) is 24.0 Å². The van der Waals surface area contributed by atoms with E-state index in [-0.39, 0.29) is 5.41 Å². The van der Waals surface area contributed by atoms with Crippen molar-refractivity contribution < 1.29 is 4.79 Å². The maximum Gasteiger partial charge on any atom is 0.159 e. The van der Waals surface area contributed by atoms with Crippen LogP contribution in [0.25, 0.3) is 0 Å². The number of hydrogen-bond acceptors (Lipinski definition) is 1.